The van der Waals surface area contributed by atoms with Crippen LogP contribution in [0, 0.1) is 0 Å². The van der Waals surface area contributed by atoms with Gasteiger partial charge in [0.15, 0.2) is 0 Å². The fraction of sp³-hybridized carbons (Fsp3) is 0.231. The molecule has 0 saturated heterocycles. The summed E-state index contributed by atoms with van der Waals surface area (Å²) in [6.45, 7) is 2.92. The van der Waals surface area contributed by atoms with Gasteiger partial charge in [0.2, 0.25) is 0 Å². The van der Waals surface area contributed by atoms with Crippen LogP contribution < -0.4 is 5.32 Å². The van der Waals surface area contributed by atoms with Gasteiger partial charge in [-0.25, -0.2) is 4.98 Å². The maximum atomic E-state index is 4.34. The Balaban J connectivity index is 2.05. The molecule has 16 heavy (non-hydrogen) atoms. The number of hydrogen-bond donors (Lipinski definition) is 1. The van der Waals surface area contributed by atoms with Crippen molar-refractivity contribution in [1.29, 1.82) is 0 Å². The lowest BCUT2D eigenvalue weighted by molar-refractivity contribution is 1.05. The Morgan fingerprint density at radius 2 is 1.94 bits per heavy atom. The van der Waals surface area contributed by atoms with Crippen LogP contribution >= 0.6 is 0 Å². The third-order valence-corrected chi connectivity index (χ3v) is 2.48. The molecule has 2 rings (SSSR count). The monoisotopic (exact) mass is 213 g/mol. The van der Waals surface area contributed by atoms with Crippen LogP contribution in [0.25, 0.3) is 0 Å². The normalized spacial score (nSPS) is 10.1. The maximum absolute atomic E-state index is 4.34. The van der Waals surface area contributed by atoms with Crippen molar-refractivity contribution in [3.05, 3.63) is 54.0 Å². The number of aryl methyl sites for hydroxylation is 1. The van der Waals surface area contributed by atoms with Crippen molar-refractivity contribution in [3.63, 3.8) is 0 Å². The third-order valence-electron chi connectivity index (χ3n) is 2.48. The second-order valence-corrected chi connectivity index (χ2v) is 3.57. The van der Waals surface area contributed by atoms with E-state index >= 15 is 0 Å². The van der Waals surface area contributed by atoms with Crippen molar-refractivity contribution in [3.8, 4) is 0 Å². The summed E-state index contributed by atoms with van der Waals surface area (Å²) in [6, 6.07) is 8.07. The lowest BCUT2D eigenvalue weighted by Crippen LogP contribution is -2.03. The molecule has 0 amide bonds. The number of pyridine rings is 2. The number of anilines is 1. The fourth-order valence-electron chi connectivity index (χ4n) is 1.57. The van der Waals surface area contributed by atoms with Gasteiger partial charge in [0.05, 0.1) is 0 Å². The Hall–Kier alpha value is -1.90. The molecule has 0 aliphatic carbocycles. The Morgan fingerprint density at radius 1 is 1.12 bits per heavy atom. The molecule has 0 spiro atoms. The minimum Gasteiger partial charge on any atom is -0.366 e. The Kier molecular flexibility index (Phi) is 3.49. The number of hydrogen-bond acceptors (Lipinski definition) is 3. The van der Waals surface area contributed by atoms with Crippen molar-refractivity contribution >= 4 is 5.82 Å². The molecule has 1 N–H and O–H groups in total. The molecule has 0 aromatic carbocycles. The van der Waals surface area contributed by atoms with E-state index in [0.29, 0.717) is 0 Å². The first-order valence-electron chi connectivity index (χ1n) is 5.47. The van der Waals surface area contributed by atoms with Crippen LogP contribution in [0.1, 0.15) is 18.1 Å². The number of nitrogens with zero attached hydrogens (tertiary/aromatic N) is 2. The van der Waals surface area contributed by atoms with E-state index < -0.39 is 0 Å². The third kappa shape index (κ3) is 2.57. The Labute approximate surface area is 95.6 Å². The van der Waals surface area contributed by atoms with E-state index in [2.05, 4.69) is 28.3 Å². The van der Waals surface area contributed by atoms with Crippen molar-refractivity contribution in [2.45, 2.75) is 19.9 Å². The van der Waals surface area contributed by atoms with Crippen LogP contribution in [0.2, 0.25) is 0 Å². The van der Waals surface area contributed by atoms with E-state index in [1.54, 1.807) is 12.4 Å². The smallest absolute Gasteiger partial charge is 0.129 e. The van der Waals surface area contributed by atoms with Gasteiger partial charge in [0.25, 0.3) is 0 Å². The summed E-state index contributed by atoms with van der Waals surface area (Å²) in [5.74, 6) is 0.974. The molecule has 2 heterocycles. The van der Waals surface area contributed by atoms with E-state index in [9.17, 15) is 0 Å². The van der Waals surface area contributed by atoms with Crippen LogP contribution in [-0.2, 0) is 13.0 Å². The van der Waals surface area contributed by atoms with E-state index in [1.807, 2.05) is 24.4 Å². The Morgan fingerprint density at radius 3 is 2.69 bits per heavy atom. The summed E-state index contributed by atoms with van der Waals surface area (Å²) in [5, 5.41) is 3.34. The zero-order valence-electron chi connectivity index (χ0n) is 9.35. The average molecular weight is 213 g/mol. The summed E-state index contributed by atoms with van der Waals surface area (Å²) >= 11 is 0. The lowest BCUT2D eigenvalue weighted by Gasteiger charge is -2.09. The van der Waals surface area contributed by atoms with Crippen LogP contribution in [0.15, 0.2) is 42.9 Å². The van der Waals surface area contributed by atoms with E-state index in [1.165, 1.54) is 11.1 Å². The largest absolute Gasteiger partial charge is 0.366 e. The van der Waals surface area contributed by atoms with Gasteiger partial charge in [0, 0.05) is 25.1 Å². The first-order valence-corrected chi connectivity index (χ1v) is 5.47. The van der Waals surface area contributed by atoms with E-state index in [4.69, 9.17) is 0 Å². The lowest BCUT2D eigenvalue weighted by atomic mass is 10.2. The van der Waals surface area contributed by atoms with E-state index in [0.717, 1.165) is 18.8 Å². The van der Waals surface area contributed by atoms with Crippen molar-refractivity contribution in [2.24, 2.45) is 0 Å². The van der Waals surface area contributed by atoms with Crippen LogP contribution in [0.5, 0.6) is 0 Å². The quantitative estimate of drug-likeness (QED) is 0.848. The van der Waals surface area contributed by atoms with Crippen LogP contribution in [0.4, 0.5) is 5.82 Å². The van der Waals surface area contributed by atoms with Crippen LogP contribution in [-0.4, -0.2) is 9.97 Å². The molecule has 0 bridgehead atoms. The first kappa shape index (κ1) is 10.6. The van der Waals surface area contributed by atoms with Gasteiger partial charge in [-0.2, -0.15) is 0 Å². The topological polar surface area (TPSA) is 37.8 Å². The number of nitrogens with one attached hydrogen (secondary N) is 1. The highest BCUT2D eigenvalue weighted by Gasteiger charge is 2.00. The molecule has 0 aliphatic heterocycles. The summed E-state index contributed by atoms with van der Waals surface area (Å²) < 4.78 is 0. The predicted octanol–water partition coefficient (Wildman–Crippen LogP) is 2.65. The minimum absolute atomic E-state index is 0.784. The van der Waals surface area contributed by atoms with Gasteiger partial charge >= 0.3 is 0 Å². The maximum Gasteiger partial charge on any atom is 0.129 e. The highest BCUT2D eigenvalue weighted by atomic mass is 15.0. The van der Waals surface area contributed by atoms with Crippen molar-refractivity contribution < 1.29 is 0 Å². The van der Waals surface area contributed by atoms with E-state index in [-0.39, 0.29) is 0 Å². The first-order chi connectivity index (χ1) is 7.90. The Bertz CT molecular complexity index is 440. The zero-order valence-corrected chi connectivity index (χ0v) is 9.35. The molecule has 0 saturated carbocycles. The molecule has 0 atom stereocenters. The molecule has 0 fully saturated rings. The average Bonchev–Trinajstić information content (AvgIpc) is 2.38. The molecule has 0 unspecified atom stereocenters. The summed E-state index contributed by atoms with van der Waals surface area (Å²) in [4.78, 5) is 8.33. The standard InChI is InChI=1S/C13H15N3/c1-2-12-4-3-7-15-13(12)16-10-11-5-8-14-9-6-11/h3-9H,2,10H2,1H3,(H,15,16). The van der Waals surface area contributed by atoms with Crippen LogP contribution in [0.3, 0.4) is 0 Å². The molecule has 82 valence electrons. The molecule has 2 aromatic rings. The summed E-state index contributed by atoms with van der Waals surface area (Å²) in [6.07, 6.45) is 6.41. The van der Waals surface area contributed by atoms with Gasteiger partial charge in [-0.15, -0.1) is 0 Å². The number of aromatic nitrogens is 2. The summed E-state index contributed by atoms with van der Waals surface area (Å²) in [5.41, 5.74) is 2.46. The molecule has 0 aliphatic rings. The summed E-state index contributed by atoms with van der Waals surface area (Å²) in [7, 11) is 0. The number of rotatable bonds is 4. The van der Waals surface area contributed by atoms with Crippen molar-refractivity contribution in [1.82, 2.24) is 9.97 Å². The van der Waals surface area contributed by atoms with Crippen molar-refractivity contribution in [2.75, 3.05) is 5.32 Å². The molecular formula is C13H15N3. The fourth-order valence-corrected chi connectivity index (χ4v) is 1.57. The highest BCUT2D eigenvalue weighted by molar-refractivity contribution is 5.44. The van der Waals surface area contributed by atoms with Gasteiger partial charge in [-0.3, -0.25) is 4.98 Å². The van der Waals surface area contributed by atoms with Gasteiger partial charge in [0.1, 0.15) is 5.82 Å². The predicted molar refractivity (Wildman–Crippen MR) is 65.2 cm³/mol. The molecule has 3 heteroatoms. The molecule has 0 radical (unpaired) electrons. The SMILES string of the molecule is CCc1cccnc1NCc1ccncc1. The molecule has 2 aromatic heterocycles. The van der Waals surface area contributed by atoms with Gasteiger partial charge in [-0.1, -0.05) is 13.0 Å². The molecular weight excluding hydrogens is 198 g/mol. The van der Waals surface area contributed by atoms with Gasteiger partial charge in [-0.05, 0) is 35.7 Å². The van der Waals surface area contributed by atoms with Gasteiger partial charge < -0.3 is 5.32 Å². The zero-order chi connectivity index (χ0) is 11.2. The second kappa shape index (κ2) is 5.26. The minimum atomic E-state index is 0.784. The molecule has 3 nitrogen and oxygen atoms in total. The highest BCUT2D eigenvalue weighted by Crippen LogP contribution is 2.12. The second-order valence-electron chi connectivity index (χ2n) is 3.57.